The minimum atomic E-state index is -0.286. The summed E-state index contributed by atoms with van der Waals surface area (Å²) in [6.45, 7) is 10.5. The molecule has 0 bridgehead atoms. The average molecular weight is 210 g/mol. The summed E-state index contributed by atoms with van der Waals surface area (Å²) in [5, 5.41) is 0. The molecule has 0 heterocycles. The molecular weight excluding hydrogens is 188 g/mol. The number of hydrogen-bond acceptors (Lipinski definition) is 2. The molecule has 86 valence electrons. The minimum absolute atomic E-state index is 0.276. The van der Waals surface area contributed by atoms with Gasteiger partial charge < -0.3 is 9.47 Å². The summed E-state index contributed by atoms with van der Waals surface area (Å²) >= 11 is 0. The number of methoxy groups -OCH3 is 2. The molecule has 0 aromatic rings. The van der Waals surface area contributed by atoms with Gasteiger partial charge in [-0.3, -0.25) is 0 Å². The van der Waals surface area contributed by atoms with E-state index in [0.29, 0.717) is 0 Å². The van der Waals surface area contributed by atoms with Crippen LogP contribution in [0.3, 0.4) is 0 Å². The Kier molecular flexibility index (Phi) is 3.13. The maximum atomic E-state index is 5.63. The highest BCUT2D eigenvalue weighted by atomic mass is 16.5. The van der Waals surface area contributed by atoms with Crippen LogP contribution in [0.25, 0.3) is 0 Å². The van der Waals surface area contributed by atoms with Gasteiger partial charge in [0, 0.05) is 14.2 Å². The van der Waals surface area contributed by atoms with Crippen molar-refractivity contribution in [1.82, 2.24) is 0 Å². The summed E-state index contributed by atoms with van der Waals surface area (Å²) in [7, 11) is 3.50. The Morgan fingerprint density at radius 1 is 0.933 bits per heavy atom. The van der Waals surface area contributed by atoms with E-state index in [4.69, 9.17) is 9.47 Å². The summed E-state index contributed by atoms with van der Waals surface area (Å²) in [4.78, 5) is 0. The van der Waals surface area contributed by atoms with Crippen molar-refractivity contribution in [2.24, 2.45) is 0 Å². The summed E-state index contributed by atoms with van der Waals surface area (Å²) < 4.78 is 11.2. The molecule has 1 aliphatic rings. The lowest BCUT2D eigenvalue weighted by atomic mass is 9.75. The van der Waals surface area contributed by atoms with Gasteiger partial charge in [0.2, 0.25) is 0 Å². The summed E-state index contributed by atoms with van der Waals surface area (Å²) in [5.74, 6) is 0. The molecular formula is C13H22O2. The van der Waals surface area contributed by atoms with Crippen LogP contribution in [-0.2, 0) is 9.47 Å². The van der Waals surface area contributed by atoms with Crippen molar-refractivity contribution in [1.29, 1.82) is 0 Å². The lowest BCUT2D eigenvalue weighted by Gasteiger charge is -2.42. The highest BCUT2D eigenvalue weighted by Crippen LogP contribution is 2.41. The third kappa shape index (κ3) is 1.66. The predicted molar refractivity (Wildman–Crippen MR) is 63.0 cm³/mol. The van der Waals surface area contributed by atoms with Gasteiger partial charge in [-0.15, -0.1) is 0 Å². The van der Waals surface area contributed by atoms with E-state index < -0.39 is 0 Å². The van der Waals surface area contributed by atoms with Crippen LogP contribution in [0, 0.1) is 0 Å². The molecule has 0 fully saturated rings. The fourth-order valence-corrected chi connectivity index (χ4v) is 2.21. The maximum absolute atomic E-state index is 5.63. The lowest BCUT2D eigenvalue weighted by Crippen LogP contribution is -2.41. The molecule has 0 amide bonds. The minimum Gasteiger partial charge on any atom is -0.370 e. The molecule has 0 saturated carbocycles. The highest BCUT2D eigenvalue weighted by molar-refractivity contribution is 5.44. The van der Waals surface area contributed by atoms with Crippen LogP contribution in [0.1, 0.15) is 34.6 Å². The van der Waals surface area contributed by atoms with Gasteiger partial charge in [-0.1, -0.05) is 0 Å². The van der Waals surface area contributed by atoms with Crippen LogP contribution in [0.5, 0.6) is 0 Å². The molecule has 2 heteroatoms. The summed E-state index contributed by atoms with van der Waals surface area (Å²) in [6, 6.07) is 0. The van der Waals surface area contributed by atoms with Gasteiger partial charge in [-0.25, -0.2) is 0 Å². The molecule has 0 saturated heterocycles. The van der Waals surface area contributed by atoms with E-state index in [2.05, 4.69) is 40.7 Å². The zero-order chi connectivity index (χ0) is 11.9. The van der Waals surface area contributed by atoms with Gasteiger partial charge in [0.15, 0.2) is 0 Å². The molecule has 1 aliphatic carbocycles. The standard InChI is InChI=1S/C13H22O2/c1-9-8-12(4,14-6)10(2)11(3)13(9,5)15-7/h8H,1-7H3. The van der Waals surface area contributed by atoms with Crippen LogP contribution in [0.15, 0.2) is 22.8 Å². The topological polar surface area (TPSA) is 18.5 Å². The van der Waals surface area contributed by atoms with E-state index in [1.165, 1.54) is 16.7 Å². The van der Waals surface area contributed by atoms with Crippen LogP contribution in [0.2, 0.25) is 0 Å². The normalized spacial score (nSPS) is 36.9. The van der Waals surface area contributed by atoms with E-state index in [9.17, 15) is 0 Å². The summed E-state index contributed by atoms with van der Waals surface area (Å²) in [5.41, 5.74) is 3.13. The second kappa shape index (κ2) is 3.76. The Bertz CT molecular complexity index is 327. The van der Waals surface area contributed by atoms with Gasteiger partial charge in [0.1, 0.15) is 11.2 Å². The quantitative estimate of drug-likeness (QED) is 0.652. The SMILES string of the molecule is COC1(C)C=C(C)C(C)(OC)C(C)=C1C. The Morgan fingerprint density at radius 3 is 1.87 bits per heavy atom. The predicted octanol–water partition coefficient (Wildman–Crippen LogP) is 3.09. The zero-order valence-corrected chi connectivity index (χ0v) is 10.9. The third-order valence-corrected chi connectivity index (χ3v) is 4.10. The van der Waals surface area contributed by atoms with Crippen molar-refractivity contribution in [3.05, 3.63) is 22.8 Å². The largest absolute Gasteiger partial charge is 0.370 e. The van der Waals surface area contributed by atoms with Crippen molar-refractivity contribution in [3.8, 4) is 0 Å². The molecule has 2 unspecified atom stereocenters. The first kappa shape index (κ1) is 12.5. The first-order valence-electron chi connectivity index (χ1n) is 5.30. The third-order valence-electron chi connectivity index (χ3n) is 4.10. The Balaban J connectivity index is 3.32. The molecule has 0 N–H and O–H groups in total. The number of hydrogen-bond donors (Lipinski definition) is 0. The van der Waals surface area contributed by atoms with Crippen molar-refractivity contribution in [2.75, 3.05) is 14.2 Å². The Morgan fingerprint density at radius 2 is 1.47 bits per heavy atom. The van der Waals surface area contributed by atoms with Crippen molar-refractivity contribution < 1.29 is 9.47 Å². The smallest absolute Gasteiger partial charge is 0.107 e. The Hall–Kier alpha value is -0.600. The monoisotopic (exact) mass is 210 g/mol. The summed E-state index contributed by atoms with van der Waals surface area (Å²) in [6.07, 6.45) is 2.15. The molecule has 0 aromatic heterocycles. The fourth-order valence-electron chi connectivity index (χ4n) is 2.21. The van der Waals surface area contributed by atoms with Crippen LogP contribution >= 0.6 is 0 Å². The average Bonchev–Trinajstić information content (AvgIpc) is 2.23. The first-order chi connectivity index (χ1) is 6.81. The number of rotatable bonds is 2. The first-order valence-corrected chi connectivity index (χ1v) is 5.30. The second-order valence-corrected chi connectivity index (χ2v) is 4.63. The van der Waals surface area contributed by atoms with Crippen LogP contribution in [0.4, 0.5) is 0 Å². The van der Waals surface area contributed by atoms with Crippen LogP contribution < -0.4 is 0 Å². The molecule has 0 aliphatic heterocycles. The molecule has 0 radical (unpaired) electrons. The van der Waals surface area contributed by atoms with E-state index in [-0.39, 0.29) is 11.2 Å². The number of ether oxygens (including phenoxy) is 2. The molecule has 0 spiro atoms. The molecule has 0 aromatic carbocycles. The van der Waals surface area contributed by atoms with E-state index in [1.54, 1.807) is 14.2 Å². The van der Waals surface area contributed by atoms with Crippen molar-refractivity contribution in [2.45, 2.75) is 45.8 Å². The van der Waals surface area contributed by atoms with Gasteiger partial charge in [-0.2, -0.15) is 0 Å². The molecule has 1 rings (SSSR count). The van der Waals surface area contributed by atoms with Crippen molar-refractivity contribution >= 4 is 0 Å². The van der Waals surface area contributed by atoms with Gasteiger partial charge in [0.05, 0.1) is 0 Å². The second-order valence-electron chi connectivity index (χ2n) is 4.63. The van der Waals surface area contributed by atoms with E-state index in [1.807, 2.05) is 0 Å². The Labute approximate surface area is 93.0 Å². The molecule has 15 heavy (non-hydrogen) atoms. The van der Waals surface area contributed by atoms with Gasteiger partial charge >= 0.3 is 0 Å². The fraction of sp³-hybridized carbons (Fsp3) is 0.692. The molecule has 2 nitrogen and oxygen atoms in total. The van der Waals surface area contributed by atoms with Gasteiger partial charge in [0.25, 0.3) is 0 Å². The molecule has 2 atom stereocenters. The van der Waals surface area contributed by atoms with E-state index in [0.717, 1.165) is 0 Å². The lowest BCUT2D eigenvalue weighted by molar-refractivity contribution is 0.0383. The zero-order valence-electron chi connectivity index (χ0n) is 10.9. The van der Waals surface area contributed by atoms with Gasteiger partial charge in [-0.05, 0) is 57.4 Å². The van der Waals surface area contributed by atoms with Crippen LogP contribution in [-0.4, -0.2) is 25.4 Å². The highest BCUT2D eigenvalue weighted by Gasteiger charge is 2.39. The maximum Gasteiger partial charge on any atom is 0.107 e. The van der Waals surface area contributed by atoms with Crippen molar-refractivity contribution in [3.63, 3.8) is 0 Å². The van der Waals surface area contributed by atoms with E-state index >= 15 is 0 Å².